The van der Waals surface area contributed by atoms with Crippen molar-refractivity contribution >= 4 is 56.8 Å². The predicted octanol–water partition coefficient (Wildman–Crippen LogP) is 7.17. The van der Waals surface area contributed by atoms with Gasteiger partial charge in [0.1, 0.15) is 23.3 Å². The van der Waals surface area contributed by atoms with Crippen molar-refractivity contribution in [2.45, 2.75) is 0 Å². The Bertz CT molecular complexity index is 1920. The SMILES string of the molecule is COCCN(C(=O)O)c1ccc(C(=O)Nc2ccc(Nc3cc(-c4cccc5c4oc4ccccc45)ncn3)cc2)cc1. The number of rotatable bonds is 9. The molecule has 10 heteroatoms. The summed E-state index contributed by atoms with van der Waals surface area (Å²) in [6.45, 7) is 0.447. The number of nitrogens with one attached hydrogen (secondary N) is 2. The van der Waals surface area contributed by atoms with E-state index < -0.39 is 6.09 Å². The number of anilines is 4. The summed E-state index contributed by atoms with van der Waals surface area (Å²) in [5.41, 5.74) is 5.43. The summed E-state index contributed by atoms with van der Waals surface area (Å²) in [6, 6.07) is 29.4. The summed E-state index contributed by atoms with van der Waals surface area (Å²) >= 11 is 0. The number of carboxylic acid groups (broad SMARTS) is 1. The minimum absolute atomic E-state index is 0.186. The molecule has 0 radical (unpaired) electrons. The molecule has 0 aliphatic rings. The first-order valence-electron chi connectivity index (χ1n) is 13.5. The number of amides is 2. The smallest absolute Gasteiger partial charge is 0.411 e. The summed E-state index contributed by atoms with van der Waals surface area (Å²) in [7, 11) is 1.51. The maximum atomic E-state index is 12.8. The van der Waals surface area contributed by atoms with Gasteiger partial charge in [-0.25, -0.2) is 14.8 Å². The normalized spacial score (nSPS) is 11.0. The zero-order valence-corrected chi connectivity index (χ0v) is 23.2. The lowest BCUT2D eigenvalue weighted by atomic mass is 10.1. The summed E-state index contributed by atoms with van der Waals surface area (Å²) in [5.74, 6) is 0.294. The molecule has 0 saturated heterocycles. The van der Waals surface area contributed by atoms with Crippen LogP contribution in [0.5, 0.6) is 0 Å². The van der Waals surface area contributed by atoms with Gasteiger partial charge in [-0.15, -0.1) is 0 Å². The Labute approximate surface area is 246 Å². The molecular weight excluding hydrogens is 546 g/mol. The second-order valence-corrected chi connectivity index (χ2v) is 9.70. The number of ether oxygens (including phenoxy) is 1. The maximum absolute atomic E-state index is 12.8. The average Bonchev–Trinajstić information content (AvgIpc) is 3.41. The van der Waals surface area contributed by atoms with E-state index in [1.807, 2.05) is 60.7 Å². The Balaban J connectivity index is 1.13. The zero-order chi connectivity index (χ0) is 29.8. The molecule has 4 aromatic carbocycles. The molecule has 6 aromatic rings. The number of aromatic nitrogens is 2. The molecule has 43 heavy (non-hydrogen) atoms. The molecule has 0 unspecified atom stereocenters. The minimum atomic E-state index is -1.09. The van der Waals surface area contributed by atoms with Gasteiger partial charge in [0, 0.05) is 52.1 Å². The van der Waals surface area contributed by atoms with Crippen LogP contribution in [-0.2, 0) is 4.74 Å². The highest BCUT2D eigenvalue weighted by Crippen LogP contribution is 2.35. The Morgan fingerprint density at radius 1 is 0.884 bits per heavy atom. The van der Waals surface area contributed by atoms with Gasteiger partial charge in [-0.2, -0.15) is 0 Å². The molecule has 10 nitrogen and oxygen atoms in total. The van der Waals surface area contributed by atoms with Crippen LogP contribution in [0.2, 0.25) is 0 Å². The topological polar surface area (TPSA) is 130 Å². The van der Waals surface area contributed by atoms with Crippen LogP contribution in [0.3, 0.4) is 0 Å². The van der Waals surface area contributed by atoms with Gasteiger partial charge in [0.05, 0.1) is 18.8 Å². The van der Waals surface area contributed by atoms with Crippen molar-refractivity contribution in [3.63, 3.8) is 0 Å². The number of fused-ring (bicyclic) bond motifs is 3. The third-order valence-electron chi connectivity index (χ3n) is 6.95. The molecule has 2 aromatic heterocycles. The zero-order valence-electron chi connectivity index (χ0n) is 23.2. The van der Waals surface area contributed by atoms with Crippen LogP contribution in [-0.4, -0.2) is 47.3 Å². The predicted molar refractivity (Wildman–Crippen MR) is 166 cm³/mol. The number of hydrogen-bond donors (Lipinski definition) is 3. The van der Waals surface area contributed by atoms with Gasteiger partial charge < -0.3 is 24.9 Å². The molecule has 0 saturated carbocycles. The molecule has 3 N–H and O–H groups in total. The van der Waals surface area contributed by atoms with Gasteiger partial charge in [-0.1, -0.05) is 30.3 Å². The van der Waals surface area contributed by atoms with Gasteiger partial charge in [0.25, 0.3) is 5.91 Å². The van der Waals surface area contributed by atoms with Crippen LogP contribution in [0.25, 0.3) is 33.2 Å². The van der Waals surface area contributed by atoms with Crippen molar-refractivity contribution < 1.29 is 23.8 Å². The van der Waals surface area contributed by atoms with Crippen molar-refractivity contribution in [3.8, 4) is 11.3 Å². The van der Waals surface area contributed by atoms with E-state index in [1.165, 1.54) is 13.4 Å². The molecule has 0 spiro atoms. The second-order valence-electron chi connectivity index (χ2n) is 9.70. The quantitative estimate of drug-likeness (QED) is 0.166. The monoisotopic (exact) mass is 573 g/mol. The number of nitrogens with zero attached hydrogens (tertiary/aromatic N) is 3. The standard InChI is InChI=1S/C33H27N5O5/c1-42-18-17-38(33(40)41)24-15-9-21(10-16-24)32(39)37-23-13-11-22(12-14-23)36-30-19-28(34-20-35-30)27-7-4-6-26-25-5-2-3-8-29(25)43-31(26)27/h2-16,19-20H,17-18H2,1H3,(H,37,39)(H,40,41)(H,34,35,36). The Hall–Kier alpha value is -5.74. The number of para-hydroxylation sites is 2. The molecule has 6 rings (SSSR count). The van der Waals surface area contributed by atoms with Gasteiger partial charge in [-0.3, -0.25) is 9.69 Å². The Morgan fingerprint density at radius 3 is 2.40 bits per heavy atom. The molecule has 2 heterocycles. The Morgan fingerprint density at radius 2 is 1.63 bits per heavy atom. The lowest BCUT2D eigenvalue weighted by Gasteiger charge is -2.19. The molecule has 0 fully saturated rings. The molecule has 214 valence electrons. The molecule has 0 atom stereocenters. The number of hydrogen-bond acceptors (Lipinski definition) is 7. The maximum Gasteiger partial charge on any atom is 0.411 e. The van der Waals surface area contributed by atoms with Crippen LogP contribution < -0.4 is 15.5 Å². The van der Waals surface area contributed by atoms with Gasteiger partial charge in [0.2, 0.25) is 0 Å². The van der Waals surface area contributed by atoms with Crippen molar-refractivity contribution in [2.24, 2.45) is 0 Å². The van der Waals surface area contributed by atoms with Crippen LogP contribution in [0.15, 0.2) is 108 Å². The molecular formula is C33H27N5O5. The van der Waals surface area contributed by atoms with Crippen molar-refractivity contribution in [1.82, 2.24) is 9.97 Å². The lowest BCUT2D eigenvalue weighted by Crippen LogP contribution is -2.32. The molecule has 0 aliphatic heterocycles. The molecule has 2 amide bonds. The van der Waals surface area contributed by atoms with E-state index in [0.717, 1.165) is 43.8 Å². The van der Waals surface area contributed by atoms with E-state index in [2.05, 4.69) is 20.6 Å². The van der Waals surface area contributed by atoms with Gasteiger partial charge in [0.15, 0.2) is 0 Å². The van der Waals surface area contributed by atoms with E-state index in [1.54, 1.807) is 36.4 Å². The highest BCUT2D eigenvalue weighted by molar-refractivity contribution is 6.09. The van der Waals surface area contributed by atoms with Crippen molar-refractivity contribution in [3.05, 3.63) is 109 Å². The van der Waals surface area contributed by atoms with E-state index in [9.17, 15) is 14.7 Å². The lowest BCUT2D eigenvalue weighted by molar-refractivity contribution is 0.102. The van der Waals surface area contributed by atoms with Crippen molar-refractivity contribution in [1.29, 1.82) is 0 Å². The van der Waals surface area contributed by atoms with Gasteiger partial charge in [-0.05, 0) is 60.7 Å². The van der Waals surface area contributed by atoms with E-state index in [4.69, 9.17) is 9.15 Å². The largest absolute Gasteiger partial charge is 0.465 e. The fourth-order valence-electron chi connectivity index (χ4n) is 4.82. The van der Waals surface area contributed by atoms with Gasteiger partial charge >= 0.3 is 6.09 Å². The van der Waals surface area contributed by atoms with E-state index in [-0.39, 0.29) is 19.1 Å². The van der Waals surface area contributed by atoms with E-state index in [0.29, 0.717) is 22.8 Å². The number of carbonyl (C=O) groups excluding carboxylic acids is 1. The first-order valence-corrected chi connectivity index (χ1v) is 13.5. The third kappa shape index (κ3) is 5.85. The van der Waals surface area contributed by atoms with Crippen LogP contribution in [0.1, 0.15) is 10.4 Å². The average molecular weight is 574 g/mol. The summed E-state index contributed by atoms with van der Waals surface area (Å²) in [6.07, 6.45) is 0.413. The first kappa shape index (κ1) is 27.4. The summed E-state index contributed by atoms with van der Waals surface area (Å²) in [5, 5.41) is 17.7. The fraction of sp³-hybridized carbons (Fsp3) is 0.0909. The van der Waals surface area contributed by atoms with Crippen LogP contribution >= 0.6 is 0 Å². The van der Waals surface area contributed by atoms with E-state index >= 15 is 0 Å². The molecule has 0 aliphatic carbocycles. The first-order chi connectivity index (χ1) is 21.0. The third-order valence-corrected chi connectivity index (χ3v) is 6.95. The number of carbonyl (C=O) groups is 2. The number of furan rings is 1. The molecule has 0 bridgehead atoms. The Kier molecular flexibility index (Phi) is 7.66. The van der Waals surface area contributed by atoms with Crippen LogP contribution in [0.4, 0.5) is 27.7 Å². The highest BCUT2D eigenvalue weighted by atomic mass is 16.5. The minimum Gasteiger partial charge on any atom is -0.465 e. The number of methoxy groups -OCH3 is 1. The number of benzene rings is 4. The van der Waals surface area contributed by atoms with Crippen molar-refractivity contribution in [2.75, 3.05) is 35.8 Å². The summed E-state index contributed by atoms with van der Waals surface area (Å²) in [4.78, 5) is 34.4. The highest BCUT2D eigenvalue weighted by Gasteiger charge is 2.16. The second kappa shape index (κ2) is 12.0. The fourth-order valence-corrected chi connectivity index (χ4v) is 4.82. The summed E-state index contributed by atoms with van der Waals surface area (Å²) < 4.78 is 11.1. The van der Waals surface area contributed by atoms with Crippen LogP contribution in [0, 0.1) is 0 Å².